The van der Waals surface area contributed by atoms with E-state index in [0.29, 0.717) is 19.7 Å². The molecule has 1 fully saturated rings. The maximum absolute atomic E-state index is 12.2. The highest BCUT2D eigenvalue weighted by Gasteiger charge is 2.24. The Labute approximate surface area is 113 Å². The van der Waals surface area contributed by atoms with Crippen molar-refractivity contribution in [2.45, 2.75) is 6.10 Å². The Hall–Kier alpha value is -0.430. The summed E-state index contributed by atoms with van der Waals surface area (Å²) in [7, 11) is 1.89. The summed E-state index contributed by atoms with van der Waals surface area (Å²) in [5, 5.41) is 4.96. The van der Waals surface area contributed by atoms with Gasteiger partial charge in [0.25, 0.3) is 5.91 Å². The third-order valence-electron chi connectivity index (χ3n) is 2.67. The second kappa shape index (κ2) is 5.95. The van der Waals surface area contributed by atoms with Crippen LogP contribution in [0.3, 0.4) is 0 Å². The van der Waals surface area contributed by atoms with Crippen LogP contribution in [0, 0.1) is 0 Å². The molecule has 0 radical (unpaired) electrons. The number of carbonyl (C=O) groups excluding carboxylic acids is 1. The van der Waals surface area contributed by atoms with E-state index in [1.54, 1.807) is 0 Å². The van der Waals surface area contributed by atoms with Crippen LogP contribution in [-0.2, 0) is 4.74 Å². The van der Waals surface area contributed by atoms with Crippen LogP contribution in [0.4, 0.5) is 0 Å². The van der Waals surface area contributed by atoms with Crippen molar-refractivity contribution in [1.29, 1.82) is 0 Å². The summed E-state index contributed by atoms with van der Waals surface area (Å²) in [6.45, 7) is 2.72. The maximum Gasteiger partial charge on any atom is 0.254 e. The fourth-order valence-corrected chi connectivity index (χ4v) is 2.99. The van der Waals surface area contributed by atoms with Crippen LogP contribution in [0.25, 0.3) is 0 Å². The Kier molecular flexibility index (Phi) is 4.55. The number of ether oxygens (including phenoxy) is 1. The van der Waals surface area contributed by atoms with Crippen LogP contribution in [0.5, 0.6) is 0 Å². The van der Waals surface area contributed by atoms with E-state index >= 15 is 0 Å². The van der Waals surface area contributed by atoms with Crippen molar-refractivity contribution >= 4 is 33.2 Å². The summed E-state index contributed by atoms with van der Waals surface area (Å²) in [6, 6.07) is 1.87. The van der Waals surface area contributed by atoms with Gasteiger partial charge in [-0.2, -0.15) is 0 Å². The molecule has 0 aromatic carbocycles. The Morgan fingerprint density at radius 2 is 2.59 bits per heavy atom. The van der Waals surface area contributed by atoms with E-state index in [-0.39, 0.29) is 12.0 Å². The molecule has 1 aliphatic heterocycles. The molecule has 0 aliphatic carbocycles. The van der Waals surface area contributed by atoms with Crippen LogP contribution in [0.2, 0.25) is 0 Å². The first-order chi connectivity index (χ1) is 8.20. The lowest BCUT2D eigenvalue weighted by Crippen LogP contribution is -2.48. The highest BCUT2D eigenvalue weighted by atomic mass is 79.9. The largest absolute Gasteiger partial charge is 0.373 e. The lowest BCUT2D eigenvalue weighted by atomic mass is 10.2. The first-order valence-electron chi connectivity index (χ1n) is 5.50. The molecular formula is C11H15BrN2O2S. The molecule has 2 heterocycles. The molecule has 1 aromatic heterocycles. The van der Waals surface area contributed by atoms with Crippen LogP contribution >= 0.6 is 27.3 Å². The van der Waals surface area contributed by atoms with Crippen molar-refractivity contribution in [1.82, 2.24) is 10.2 Å². The zero-order valence-electron chi connectivity index (χ0n) is 9.61. The van der Waals surface area contributed by atoms with Gasteiger partial charge >= 0.3 is 0 Å². The fraction of sp³-hybridized carbons (Fsp3) is 0.545. The van der Waals surface area contributed by atoms with Gasteiger partial charge in [0.15, 0.2) is 0 Å². The molecule has 4 nitrogen and oxygen atoms in total. The van der Waals surface area contributed by atoms with E-state index in [0.717, 1.165) is 15.9 Å². The quantitative estimate of drug-likeness (QED) is 0.920. The van der Waals surface area contributed by atoms with Gasteiger partial charge in [-0.15, -0.1) is 11.3 Å². The van der Waals surface area contributed by atoms with E-state index < -0.39 is 0 Å². The van der Waals surface area contributed by atoms with Crippen molar-refractivity contribution in [3.05, 3.63) is 20.8 Å². The Bertz CT molecular complexity index is 395. The van der Waals surface area contributed by atoms with E-state index in [1.807, 2.05) is 23.4 Å². The van der Waals surface area contributed by atoms with Crippen LogP contribution in [0.1, 0.15) is 10.4 Å². The number of halogens is 1. The second-order valence-corrected chi connectivity index (χ2v) is 6.23. The number of carbonyl (C=O) groups is 1. The number of likely N-dealkylation sites (N-methyl/N-ethyl adjacent to an activating group) is 1. The van der Waals surface area contributed by atoms with E-state index in [9.17, 15) is 4.79 Å². The molecule has 0 saturated carbocycles. The highest BCUT2D eigenvalue weighted by molar-refractivity contribution is 9.11. The predicted octanol–water partition coefficient (Wildman–Crippen LogP) is 1.57. The van der Waals surface area contributed by atoms with E-state index in [1.165, 1.54) is 11.3 Å². The smallest absolute Gasteiger partial charge is 0.254 e. The zero-order valence-corrected chi connectivity index (χ0v) is 12.0. The molecule has 6 heteroatoms. The number of amides is 1. The number of thiophene rings is 1. The predicted molar refractivity (Wildman–Crippen MR) is 71.6 cm³/mol. The number of rotatable bonds is 3. The molecule has 0 spiro atoms. The molecule has 0 bridgehead atoms. The van der Waals surface area contributed by atoms with Crippen molar-refractivity contribution in [3.63, 3.8) is 0 Å². The molecule has 1 atom stereocenters. The average molecular weight is 319 g/mol. The average Bonchev–Trinajstić information content (AvgIpc) is 2.76. The van der Waals surface area contributed by atoms with Crippen molar-refractivity contribution < 1.29 is 9.53 Å². The van der Waals surface area contributed by atoms with Gasteiger partial charge in [-0.3, -0.25) is 4.79 Å². The third kappa shape index (κ3) is 3.28. The van der Waals surface area contributed by atoms with Gasteiger partial charge in [-0.25, -0.2) is 0 Å². The SMILES string of the molecule is CNCC1CN(C(=O)c2csc(Br)c2)CCO1. The molecule has 1 unspecified atom stereocenters. The summed E-state index contributed by atoms with van der Waals surface area (Å²) in [5.41, 5.74) is 0.756. The number of hydrogen-bond donors (Lipinski definition) is 1. The number of nitrogens with one attached hydrogen (secondary N) is 1. The first kappa shape index (κ1) is 13.0. The molecule has 94 valence electrons. The normalized spacial score (nSPS) is 20.6. The molecule has 1 saturated heterocycles. The number of morpholine rings is 1. The molecule has 17 heavy (non-hydrogen) atoms. The Morgan fingerprint density at radius 3 is 3.24 bits per heavy atom. The summed E-state index contributed by atoms with van der Waals surface area (Å²) >= 11 is 4.91. The minimum atomic E-state index is 0.0938. The standard InChI is InChI=1S/C11H15BrN2O2S/c1-13-5-9-6-14(2-3-16-9)11(15)8-4-10(12)17-7-8/h4,7,9,13H,2-3,5-6H2,1H3. The monoisotopic (exact) mass is 318 g/mol. The molecule has 1 N–H and O–H groups in total. The van der Waals surface area contributed by atoms with Gasteiger partial charge in [-0.05, 0) is 29.0 Å². The second-order valence-electron chi connectivity index (χ2n) is 3.94. The van der Waals surface area contributed by atoms with E-state index in [4.69, 9.17) is 4.74 Å². The topological polar surface area (TPSA) is 41.6 Å². The zero-order chi connectivity index (χ0) is 12.3. The number of nitrogens with zero attached hydrogens (tertiary/aromatic N) is 1. The highest BCUT2D eigenvalue weighted by Crippen LogP contribution is 2.22. The lowest BCUT2D eigenvalue weighted by molar-refractivity contribution is -0.0196. The van der Waals surface area contributed by atoms with Crippen LogP contribution in [-0.4, -0.2) is 50.2 Å². The molecule has 1 amide bonds. The van der Waals surface area contributed by atoms with Gasteiger partial charge in [-0.1, -0.05) is 0 Å². The van der Waals surface area contributed by atoms with Gasteiger partial charge in [0.2, 0.25) is 0 Å². The Morgan fingerprint density at radius 1 is 1.76 bits per heavy atom. The van der Waals surface area contributed by atoms with Gasteiger partial charge in [0.05, 0.1) is 22.1 Å². The van der Waals surface area contributed by atoms with Crippen LogP contribution < -0.4 is 5.32 Å². The fourth-order valence-electron chi connectivity index (χ4n) is 1.86. The number of hydrogen-bond acceptors (Lipinski definition) is 4. The minimum absolute atomic E-state index is 0.0938. The summed E-state index contributed by atoms with van der Waals surface area (Å²) < 4.78 is 6.56. The first-order valence-corrected chi connectivity index (χ1v) is 7.17. The minimum Gasteiger partial charge on any atom is -0.373 e. The summed E-state index contributed by atoms with van der Waals surface area (Å²) in [5.74, 6) is 0.0938. The van der Waals surface area contributed by atoms with Crippen molar-refractivity contribution in [2.75, 3.05) is 33.3 Å². The maximum atomic E-state index is 12.2. The van der Waals surface area contributed by atoms with Crippen molar-refractivity contribution in [3.8, 4) is 0 Å². The van der Waals surface area contributed by atoms with E-state index in [2.05, 4.69) is 21.2 Å². The van der Waals surface area contributed by atoms with Gasteiger partial charge in [0.1, 0.15) is 0 Å². The molecule has 1 aliphatic rings. The van der Waals surface area contributed by atoms with Crippen LogP contribution in [0.15, 0.2) is 15.2 Å². The van der Waals surface area contributed by atoms with Gasteiger partial charge in [0, 0.05) is 25.0 Å². The lowest BCUT2D eigenvalue weighted by Gasteiger charge is -2.32. The summed E-state index contributed by atoms with van der Waals surface area (Å²) in [6.07, 6.45) is 0.0970. The summed E-state index contributed by atoms with van der Waals surface area (Å²) in [4.78, 5) is 14.1. The Balaban J connectivity index is 1.99. The van der Waals surface area contributed by atoms with Gasteiger partial charge < -0.3 is 15.0 Å². The van der Waals surface area contributed by atoms with Crippen molar-refractivity contribution in [2.24, 2.45) is 0 Å². The molecular weight excluding hydrogens is 304 g/mol. The molecule has 2 rings (SSSR count). The molecule has 1 aromatic rings. The third-order valence-corrected chi connectivity index (χ3v) is 4.18.